The summed E-state index contributed by atoms with van der Waals surface area (Å²) in [5.41, 5.74) is 0.0756. The molecule has 2 saturated heterocycles. The first-order valence-electron chi connectivity index (χ1n) is 5.54. The Kier molecular flexibility index (Phi) is 2.19. The number of hydrogen-bond donors (Lipinski definition) is 1. The maximum Gasteiger partial charge on any atom is 0.337 e. The molecule has 0 aliphatic carbocycles. The van der Waals surface area contributed by atoms with Crippen LogP contribution in [-0.4, -0.2) is 49.1 Å². The van der Waals surface area contributed by atoms with Crippen LogP contribution in [0.2, 0.25) is 0 Å². The summed E-state index contributed by atoms with van der Waals surface area (Å²) in [5, 5.41) is 8.75. The molecule has 1 N–H and O–H groups in total. The van der Waals surface area contributed by atoms with Crippen molar-refractivity contribution in [3.63, 3.8) is 0 Å². The summed E-state index contributed by atoms with van der Waals surface area (Å²) in [4.78, 5) is 16.7. The lowest BCUT2D eigenvalue weighted by Gasteiger charge is -2.55. The number of pyridine rings is 1. The minimum Gasteiger partial charge on any atom is -0.478 e. The summed E-state index contributed by atoms with van der Waals surface area (Å²) in [6.07, 6.45) is 1.32. The standard InChI is InChI=1S/C11H12N2O4S/c14-10(15)8-1-2-9(12-3-8)13-4-11(5-13)6-18(16,17)7-11/h1-3H,4-7H2,(H,14,15). The predicted octanol–water partition coefficient (Wildman–Crippen LogP) is 0.0146. The van der Waals surface area contributed by atoms with E-state index in [9.17, 15) is 13.2 Å². The molecule has 18 heavy (non-hydrogen) atoms. The SMILES string of the molecule is O=C(O)c1ccc(N2CC3(C2)CS(=O)(=O)C3)nc1. The molecule has 2 aliphatic heterocycles. The maximum absolute atomic E-state index is 11.2. The van der Waals surface area contributed by atoms with Crippen LogP contribution in [-0.2, 0) is 9.84 Å². The van der Waals surface area contributed by atoms with Gasteiger partial charge in [-0.3, -0.25) is 0 Å². The summed E-state index contributed by atoms with van der Waals surface area (Å²) in [5.74, 6) is 0.238. The summed E-state index contributed by atoms with van der Waals surface area (Å²) >= 11 is 0. The van der Waals surface area contributed by atoms with Crippen molar-refractivity contribution in [2.24, 2.45) is 5.41 Å². The van der Waals surface area contributed by atoms with Gasteiger partial charge in [0.15, 0.2) is 9.84 Å². The van der Waals surface area contributed by atoms with E-state index in [2.05, 4.69) is 4.98 Å². The Hall–Kier alpha value is -1.63. The van der Waals surface area contributed by atoms with Crippen molar-refractivity contribution in [2.45, 2.75) is 0 Å². The summed E-state index contributed by atoms with van der Waals surface area (Å²) in [6, 6.07) is 3.16. The number of carbonyl (C=O) groups is 1. The fourth-order valence-corrected chi connectivity index (χ4v) is 4.84. The molecule has 0 saturated carbocycles. The second-order valence-corrected chi connectivity index (χ2v) is 7.16. The lowest BCUT2D eigenvalue weighted by atomic mass is 9.83. The zero-order valence-corrected chi connectivity index (χ0v) is 10.4. The van der Waals surface area contributed by atoms with E-state index < -0.39 is 15.8 Å². The molecular weight excluding hydrogens is 256 g/mol. The highest BCUT2D eigenvalue weighted by Gasteiger charge is 2.56. The monoisotopic (exact) mass is 268 g/mol. The van der Waals surface area contributed by atoms with Gasteiger partial charge in [0.25, 0.3) is 0 Å². The first kappa shape index (κ1) is 11.5. The molecule has 3 rings (SSSR count). The van der Waals surface area contributed by atoms with Crippen molar-refractivity contribution >= 4 is 21.6 Å². The number of anilines is 1. The highest BCUT2D eigenvalue weighted by Crippen LogP contribution is 2.42. The van der Waals surface area contributed by atoms with Crippen LogP contribution in [0, 0.1) is 5.41 Å². The fraction of sp³-hybridized carbons (Fsp3) is 0.455. The molecule has 1 aromatic rings. The Labute approximate surface area is 104 Å². The van der Waals surface area contributed by atoms with E-state index in [0.717, 1.165) is 0 Å². The van der Waals surface area contributed by atoms with E-state index in [-0.39, 0.29) is 22.5 Å². The lowest BCUT2D eigenvalue weighted by Crippen LogP contribution is -2.68. The van der Waals surface area contributed by atoms with E-state index >= 15 is 0 Å². The minimum atomic E-state index is -2.80. The Bertz CT molecular complexity index is 588. The maximum atomic E-state index is 11.2. The van der Waals surface area contributed by atoms with Gasteiger partial charge >= 0.3 is 5.97 Å². The Morgan fingerprint density at radius 2 is 2.00 bits per heavy atom. The van der Waals surface area contributed by atoms with Crippen LogP contribution < -0.4 is 4.90 Å². The van der Waals surface area contributed by atoms with Crippen molar-refractivity contribution in [3.8, 4) is 0 Å². The third-order valence-corrected chi connectivity index (χ3v) is 5.53. The number of hydrogen-bond acceptors (Lipinski definition) is 5. The predicted molar refractivity (Wildman–Crippen MR) is 64.5 cm³/mol. The van der Waals surface area contributed by atoms with Crippen LogP contribution >= 0.6 is 0 Å². The van der Waals surface area contributed by atoms with E-state index in [1.165, 1.54) is 12.3 Å². The van der Waals surface area contributed by atoms with Crippen molar-refractivity contribution in [1.29, 1.82) is 0 Å². The highest BCUT2D eigenvalue weighted by atomic mass is 32.2. The van der Waals surface area contributed by atoms with Crippen LogP contribution in [0.25, 0.3) is 0 Å². The van der Waals surface area contributed by atoms with Gasteiger partial charge in [0.1, 0.15) is 5.82 Å². The Balaban J connectivity index is 1.67. The van der Waals surface area contributed by atoms with Crippen LogP contribution in [0.5, 0.6) is 0 Å². The molecule has 0 bridgehead atoms. The van der Waals surface area contributed by atoms with Gasteiger partial charge in [-0.15, -0.1) is 0 Å². The van der Waals surface area contributed by atoms with Gasteiger partial charge in [0.2, 0.25) is 0 Å². The van der Waals surface area contributed by atoms with Gasteiger partial charge < -0.3 is 10.0 Å². The molecule has 0 atom stereocenters. The number of rotatable bonds is 2. The molecule has 2 fully saturated rings. The molecule has 96 valence electrons. The molecule has 7 heteroatoms. The molecule has 0 aromatic carbocycles. The van der Waals surface area contributed by atoms with Crippen LogP contribution in [0.15, 0.2) is 18.3 Å². The van der Waals surface area contributed by atoms with Gasteiger partial charge in [-0.25, -0.2) is 18.2 Å². The van der Waals surface area contributed by atoms with Gasteiger partial charge in [-0.05, 0) is 12.1 Å². The summed E-state index contributed by atoms with van der Waals surface area (Å²) in [7, 11) is -2.80. The number of sulfone groups is 1. The van der Waals surface area contributed by atoms with Crippen LogP contribution in [0.1, 0.15) is 10.4 Å². The number of aromatic carboxylic acids is 1. The Morgan fingerprint density at radius 3 is 2.44 bits per heavy atom. The smallest absolute Gasteiger partial charge is 0.337 e. The molecule has 3 heterocycles. The van der Waals surface area contributed by atoms with Crippen molar-refractivity contribution in [2.75, 3.05) is 29.5 Å². The van der Waals surface area contributed by atoms with Gasteiger partial charge in [0.05, 0.1) is 17.1 Å². The highest BCUT2D eigenvalue weighted by molar-refractivity contribution is 7.92. The van der Waals surface area contributed by atoms with Crippen LogP contribution in [0.3, 0.4) is 0 Å². The minimum absolute atomic E-state index is 0.0774. The van der Waals surface area contributed by atoms with Gasteiger partial charge in [-0.1, -0.05) is 0 Å². The lowest BCUT2D eigenvalue weighted by molar-refractivity contribution is 0.0696. The molecule has 0 unspecified atom stereocenters. The Morgan fingerprint density at radius 1 is 1.33 bits per heavy atom. The molecular formula is C11H12N2O4S. The quantitative estimate of drug-likeness (QED) is 0.813. The summed E-state index contributed by atoms with van der Waals surface area (Å²) < 4.78 is 22.3. The topological polar surface area (TPSA) is 87.6 Å². The van der Waals surface area contributed by atoms with Gasteiger partial charge in [-0.2, -0.15) is 0 Å². The van der Waals surface area contributed by atoms with Crippen molar-refractivity contribution in [3.05, 3.63) is 23.9 Å². The second kappa shape index (κ2) is 3.44. The van der Waals surface area contributed by atoms with E-state index in [1.54, 1.807) is 6.07 Å². The zero-order valence-electron chi connectivity index (χ0n) is 9.54. The summed E-state index contributed by atoms with van der Waals surface area (Å²) in [6.45, 7) is 1.37. The first-order valence-corrected chi connectivity index (χ1v) is 7.36. The third-order valence-electron chi connectivity index (χ3n) is 3.42. The number of carboxylic acid groups (broad SMARTS) is 1. The molecule has 0 radical (unpaired) electrons. The third kappa shape index (κ3) is 1.74. The molecule has 1 spiro atoms. The second-order valence-electron chi connectivity index (χ2n) is 5.10. The van der Waals surface area contributed by atoms with E-state index in [4.69, 9.17) is 5.11 Å². The number of aromatic nitrogens is 1. The molecule has 0 amide bonds. The fourth-order valence-electron chi connectivity index (χ4n) is 2.70. The largest absolute Gasteiger partial charge is 0.478 e. The molecule has 1 aromatic heterocycles. The number of nitrogens with zero attached hydrogens (tertiary/aromatic N) is 2. The first-order chi connectivity index (χ1) is 8.39. The zero-order chi connectivity index (χ0) is 13.0. The molecule has 2 aliphatic rings. The molecule has 6 nitrogen and oxygen atoms in total. The average molecular weight is 268 g/mol. The van der Waals surface area contributed by atoms with Gasteiger partial charge in [0, 0.05) is 24.7 Å². The average Bonchev–Trinajstić information content (AvgIpc) is 2.22. The van der Waals surface area contributed by atoms with Crippen LogP contribution in [0.4, 0.5) is 5.82 Å². The van der Waals surface area contributed by atoms with E-state index in [1.807, 2.05) is 4.90 Å². The normalized spacial score (nSPS) is 23.2. The number of carboxylic acids is 1. The van der Waals surface area contributed by atoms with E-state index in [0.29, 0.717) is 18.9 Å². The van der Waals surface area contributed by atoms with Crippen molar-refractivity contribution in [1.82, 2.24) is 4.98 Å². The van der Waals surface area contributed by atoms with Crippen molar-refractivity contribution < 1.29 is 18.3 Å².